The molecular weight excluding hydrogens is 248 g/mol. The van der Waals surface area contributed by atoms with Gasteiger partial charge < -0.3 is 20.1 Å². The molecule has 0 radical (unpaired) electrons. The van der Waals surface area contributed by atoms with Crippen molar-refractivity contribution in [1.29, 1.82) is 0 Å². The quantitative estimate of drug-likeness (QED) is 0.760. The van der Waals surface area contributed by atoms with Crippen molar-refractivity contribution in [2.75, 3.05) is 26.7 Å². The maximum absolute atomic E-state index is 11.8. The third kappa shape index (κ3) is 5.06. The van der Waals surface area contributed by atoms with Crippen LogP contribution in [0.4, 0.5) is 4.79 Å². The van der Waals surface area contributed by atoms with Crippen LogP contribution in [0.15, 0.2) is 0 Å². The van der Waals surface area contributed by atoms with Crippen molar-refractivity contribution in [3.8, 4) is 0 Å². The van der Waals surface area contributed by atoms with Gasteiger partial charge in [-0.2, -0.15) is 0 Å². The van der Waals surface area contributed by atoms with Crippen molar-refractivity contribution < 1.29 is 19.4 Å². The Kier molecular flexibility index (Phi) is 6.08. The zero-order valence-electron chi connectivity index (χ0n) is 11.9. The lowest BCUT2D eigenvalue weighted by Crippen LogP contribution is -2.44. The molecule has 19 heavy (non-hydrogen) atoms. The van der Waals surface area contributed by atoms with Crippen LogP contribution in [-0.2, 0) is 9.53 Å². The molecule has 0 aromatic heterocycles. The lowest BCUT2D eigenvalue weighted by molar-refractivity contribution is -0.142. The minimum absolute atomic E-state index is 0.0127. The molecule has 1 aliphatic heterocycles. The molecular formula is C13H24N2O4. The van der Waals surface area contributed by atoms with Gasteiger partial charge in [-0.25, -0.2) is 4.79 Å². The van der Waals surface area contributed by atoms with E-state index in [4.69, 9.17) is 9.84 Å². The van der Waals surface area contributed by atoms with Gasteiger partial charge in [-0.1, -0.05) is 13.8 Å². The molecule has 0 bridgehead atoms. The zero-order valence-corrected chi connectivity index (χ0v) is 11.9. The molecule has 2 amide bonds. The van der Waals surface area contributed by atoms with E-state index >= 15 is 0 Å². The molecule has 2 atom stereocenters. The topological polar surface area (TPSA) is 78.9 Å². The number of hydrogen-bond acceptors (Lipinski definition) is 3. The Labute approximate surface area is 114 Å². The number of nitrogens with one attached hydrogen (secondary N) is 1. The minimum Gasteiger partial charge on any atom is -0.481 e. The Morgan fingerprint density at radius 1 is 1.47 bits per heavy atom. The summed E-state index contributed by atoms with van der Waals surface area (Å²) in [5.41, 5.74) is 0. The number of carboxylic acids is 1. The summed E-state index contributed by atoms with van der Waals surface area (Å²) >= 11 is 0. The van der Waals surface area contributed by atoms with Gasteiger partial charge in [0.25, 0.3) is 0 Å². The summed E-state index contributed by atoms with van der Waals surface area (Å²) < 4.78 is 5.46. The lowest BCUT2D eigenvalue weighted by Gasteiger charge is -2.23. The average Bonchev–Trinajstić information content (AvgIpc) is 2.80. The van der Waals surface area contributed by atoms with E-state index in [0.29, 0.717) is 6.54 Å². The molecule has 0 spiro atoms. The minimum atomic E-state index is -0.878. The molecule has 6 heteroatoms. The third-order valence-electron chi connectivity index (χ3n) is 3.44. The van der Waals surface area contributed by atoms with Gasteiger partial charge in [0.1, 0.15) is 0 Å². The number of ether oxygens (including phenoxy) is 1. The summed E-state index contributed by atoms with van der Waals surface area (Å²) in [7, 11) is 1.70. The highest BCUT2D eigenvalue weighted by Crippen LogP contribution is 2.13. The van der Waals surface area contributed by atoms with Gasteiger partial charge in [0, 0.05) is 26.7 Å². The smallest absolute Gasteiger partial charge is 0.317 e. The molecule has 6 nitrogen and oxygen atoms in total. The van der Waals surface area contributed by atoms with Gasteiger partial charge in [0.2, 0.25) is 0 Å². The molecule has 0 aliphatic carbocycles. The maximum atomic E-state index is 11.8. The number of nitrogens with zero attached hydrogens (tertiary/aromatic N) is 1. The predicted octanol–water partition coefficient (Wildman–Crippen LogP) is 1.16. The molecule has 1 saturated heterocycles. The number of hydrogen-bond donors (Lipinski definition) is 2. The first kappa shape index (κ1) is 15.8. The van der Waals surface area contributed by atoms with Crippen molar-refractivity contribution in [3.63, 3.8) is 0 Å². The van der Waals surface area contributed by atoms with Crippen LogP contribution in [0.2, 0.25) is 0 Å². The van der Waals surface area contributed by atoms with Gasteiger partial charge >= 0.3 is 12.0 Å². The fourth-order valence-electron chi connectivity index (χ4n) is 2.12. The summed E-state index contributed by atoms with van der Waals surface area (Å²) in [6, 6.07) is -0.248. The van der Waals surface area contributed by atoms with Gasteiger partial charge in [-0.15, -0.1) is 0 Å². The molecule has 0 saturated carbocycles. The number of aliphatic carboxylic acids is 1. The van der Waals surface area contributed by atoms with Gasteiger partial charge in [-0.3, -0.25) is 4.79 Å². The summed E-state index contributed by atoms with van der Waals surface area (Å²) in [6.45, 7) is 5.13. The Hall–Kier alpha value is -1.30. The number of urea groups is 1. The average molecular weight is 272 g/mol. The molecule has 110 valence electrons. The van der Waals surface area contributed by atoms with E-state index in [2.05, 4.69) is 5.32 Å². The van der Waals surface area contributed by atoms with Crippen LogP contribution in [0.5, 0.6) is 0 Å². The Bertz CT molecular complexity index is 314. The maximum Gasteiger partial charge on any atom is 0.317 e. The second kappa shape index (κ2) is 7.33. The van der Waals surface area contributed by atoms with Crippen LogP contribution in [-0.4, -0.2) is 54.9 Å². The molecule has 0 aromatic rings. The SMILES string of the molecule is CC(C)C(CNC(=O)N(C)CC1CCCO1)C(=O)O. The third-order valence-corrected chi connectivity index (χ3v) is 3.44. The van der Waals surface area contributed by atoms with Crippen LogP contribution in [0.25, 0.3) is 0 Å². The number of rotatable bonds is 6. The number of carboxylic acid groups (broad SMARTS) is 1. The van der Waals surface area contributed by atoms with Crippen LogP contribution in [0.3, 0.4) is 0 Å². The van der Waals surface area contributed by atoms with E-state index in [1.165, 1.54) is 0 Å². The van der Waals surface area contributed by atoms with E-state index in [1.54, 1.807) is 11.9 Å². The largest absolute Gasteiger partial charge is 0.481 e. The zero-order chi connectivity index (χ0) is 14.4. The second-order valence-corrected chi connectivity index (χ2v) is 5.39. The van der Waals surface area contributed by atoms with Gasteiger partial charge in [0.05, 0.1) is 12.0 Å². The van der Waals surface area contributed by atoms with Crippen LogP contribution in [0, 0.1) is 11.8 Å². The molecule has 2 N–H and O–H groups in total. The van der Waals surface area contributed by atoms with Crippen molar-refractivity contribution in [1.82, 2.24) is 10.2 Å². The predicted molar refractivity (Wildman–Crippen MR) is 71.0 cm³/mol. The first-order valence-electron chi connectivity index (χ1n) is 6.75. The molecule has 1 heterocycles. The van der Waals surface area contributed by atoms with E-state index in [-0.39, 0.29) is 24.6 Å². The van der Waals surface area contributed by atoms with Crippen molar-refractivity contribution in [2.45, 2.75) is 32.8 Å². The highest BCUT2D eigenvalue weighted by atomic mass is 16.5. The fraction of sp³-hybridized carbons (Fsp3) is 0.846. The van der Waals surface area contributed by atoms with E-state index < -0.39 is 11.9 Å². The highest BCUT2D eigenvalue weighted by molar-refractivity contribution is 5.75. The number of carbonyl (C=O) groups excluding carboxylic acids is 1. The molecule has 1 rings (SSSR count). The van der Waals surface area contributed by atoms with Gasteiger partial charge in [-0.05, 0) is 18.8 Å². The molecule has 1 aliphatic rings. The Morgan fingerprint density at radius 3 is 2.63 bits per heavy atom. The second-order valence-electron chi connectivity index (χ2n) is 5.39. The summed E-state index contributed by atoms with van der Waals surface area (Å²) in [5.74, 6) is -1.45. The Morgan fingerprint density at radius 2 is 2.16 bits per heavy atom. The number of likely N-dealkylation sites (N-methyl/N-ethyl adjacent to an activating group) is 1. The summed E-state index contributed by atoms with van der Waals surface area (Å²) in [5, 5.41) is 11.7. The van der Waals surface area contributed by atoms with Crippen molar-refractivity contribution in [2.24, 2.45) is 11.8 Å². The standard InChI is InChI=1S/C13H24N2O4/c1-9(2)11(12(16)17)7-14-13(18)15(3)8-10-5-4-6-19-10/h9-11H,4-8H2,1-3H3,(H,14,18)(H,16,17). The van der Waals surface area contributed by atoms with Gasteiger partial charge in [0.15, 0.2) is 0 Å². The number of carbonyl (C=O) groups is 2. The molecule has 2 unspecified atom stereocenters. The van der Waals surface area contributed by atoms with Crippen LogP contribution < -0.4 is 5.32 Å². The first-order chi connectivity index (χ1) is 8.91. The molecule has 0 aromatic carbocycles. The monoisotopic (exact) mass is 272 g/mol. The normalized spacial score (nSPS) is 20.3. The highest BCUT2D eigenvalue weighted by Gasteiger charge is 2.24. The van der Waals surface area contributed by atoms with E-state index in [1.807, 2.05) is 13.8 Å². The lowest BCUT2D eigenvalue weighted by atomic mass is 9.96. The van der Waals surface area contributed by atoms with Crippen LogP contribution >= 0.6 is 0 Å². The molecule has 1 fully saturated rings. The van der Waals surface area contributed by atoms with Crippen molar-refractivity contribution in [3.05, 3.63) is 0 Å². The van der Waals surface area contributed by atoms with E-state index in [0.717, 1.165) is 19.4 Å². The number of amides is 2. The Balaban J connectivity index is 2.34. The summed E-state index contributed by atoms with van der Waals surface area (Å²) in [6.07, 6.45) is 2.12. The van der Waals surface area contributed by atoms with Crippen molar-refractivity contribution >= 4 is 12.0 Å². The summed E-state index contributed by atoms with van der Waals surface area (Å²) in [4.78, 5) is 24.4. The fourth-order valence-corrected chi connectivity index (χ4v) is 2.12. The van der Waals surface area contributed by atoms with Crippen LogP contribution in [0.1, 0.15) is 26.7 Å². The van der Waals surface area contributed by atoms with E-state index in [9.17, 15) is 9.59 Å². The first-order valence-corrected chi connectivity index (χ1v) is 6.75.